The second-order valence-electron chi connectivity index (χ2n) is 9.55. The van der Waals surface area contributed by atoms with Crippen LogP contribution in [0.2, 0.25) is 0 Å². The maximum atomic E-state index is 10.1. The molecule has 8 rings (SSSR count). The summed E-state index contributed by atoms with van der Waals surface area (Å²) in [6, 6.07) is 38.4. The van der Waals surface area contributed by atoms with Gasteiger partial charge in [0, 0.05) is 10.8 Å². The highest BCUT2D eigenvalue weighted by Crippen LogP contribution is 2.60. The average Bonchev–Trinajstić information content (AvgIpc) is 3.39. The Balaban J connectivity index is 1.66. The van der Waals surface area contributed by atoms with Crippen LogP contribution in [0.25, 0.3) is 38.6 Å². The van der Waals surface area contributed by atoms with Crippen molar-refractivity contribution >= 4 is 34.4 Å². The van der Waals surface area contributed by atoms with Gasteiger partial charge in [-0.1, -0.05) is 97.1 Å². The fourth-order valence-corrected chi connectivity index (χ4v) is 6.74. The molecule has 1 unspecified atom stereocenters. The van der Waals surface area contributed by atoms with Gasteiger partial charge in [-0.05, 0) is 51.0 Å². The Morgan fingerprint density at radius 1 is 0.571 bits per heavy atom. The maximum absolute atomic E-state index is 10.1. The number of fused-ring (bicyclic) bond motifs is 12. The molecule has 0 saturated carbocycles. The number of hydrogen-bond donors (Lipinski definition) is 2. The molecular weight excluding hydrogens is 429 g/mol. The molecule has 2 heterocycles. The molecular formula is C31H20BNO2. The molecule has 164 valence electrons. The van der Waals surface area contributed by atoms with E-state index in [0.717, 1.165) is 16.8 Å². The number of rotatable bonds is 1. The van der Waals surface area contributed by atoms with Crippen molar-refractivity contribution in [1.29, 1.82) is 0 Å². The first-order valence-electron chi connectivity index (χ1n) is 11.9. The van der Waals surface area contributed by atoms with Gasteiger partial charge in [0.2, 0.25) is 0 Å². The molecule has 2 aliphatic rings. The highest BCUT2D eigenvalue weighted by atomic mass is 16.4. The molecule has 1 spiro atoms. The Morgan fingerprint density at radius 3 is 2.14 bits per heavy atom. The van der Waals surface area contributed by atoms with E-state index < -0.39 is 12.5 Å². The molecule has 1 aliphatic carbocycles. The minimum absolute atomic E-state index is 0.506. The molecule has 1 atom stereocenters. The molecule has 0 radical (unpaired) electrons. The molecule has 6 aromatic rings. The summed E-state index contributed by atoms with van der Waals surface area (Å²) < 4.78 is 2.41. The SMILES string of the molecule is OB(O)c1ccc2c(c1)C1(c3ccccc3-2)c2ccccc2-n2c3ccccc3c3cccc1c32. The van der Waals surface area contributed by atoms with Crippen LogP contribution in [-0.2, 0) is 5.41 Å². The van der Waals surface area contributed by atoms with E-state index in [1.165, 1.54) is 44.1 Å². The number of aromatic nitrogens is 1. The Hall–Kier alpha value is -4.12. The summed E-state index contributed by atoms with van der Waals surface area (Å²) in [5, 5.41) is 22.7. The van der Waals surface area contributed by atoms with E-state index in [-0.39, 0.29) is 0 Å². The van der Waals surface area contributed by atoms with Crippen molar-refractivity contribution in [1.82, 2.24) is 4.57 Å². The molecule has 0 bridgehead atoms. The van der Waals surface area contributed by atoms with Crippen molar-refractivity contribution in [3.63, 3.8) is 0 Å². The van der Waals surface area contributed by atoms with Gasteiger partial charge >= 0.3 is 7.12 Å². The molecule has 4 heteroatoms. The van der Waals surface area contributed by atoms with E-state index in [1.807, 2.05) is 18.2 Å². The lowest BCUT2D eigenvalue weighted by atomic mass is 9.64. The van der Waals surface area contributed by atoms with Crippen molar-refractivity contribution in [2.24, 2.45) is 0 Å². The minimum atomic E-state index is -1.53. The van der Waals surface area contributed by atoms with Gasteiger partial charge in [0.25, 0.3) is 0 Å². The van der Waals surface area contributed by atoms with Crippen LogP contribution in [0, 0.1) is 0 Å². The summed E-state index contributed by atoms with van der Waals surface area (Å²) in [6.07, 6.45) is 0. The highest BCUT2D eigenvalue weighted by molar-refractivity contribution is 6.58. The smallest absolute Gasteiger partial charge is 0.423 e. The number of benzene rings is 5. The molecule has 35 heavy (non-hydrogen) atoms. The fraction of sp³-hybridized carbons (Fsp3) is 0.0323. The number of para-hydroxylation sites is 3. The van der Waals surface area contributed by atoms with Crippen LogP contribution in [-0.4, -0.2) is 21.7 Å². The summed E-state index contributed by atoms with van der Waals surface area (Å²) in [6.45, 7) is 0. The predicted molar refractivity (Wildman–Crippen MR) is 141 cm³/mol. The van der Waals surface area contributed by atoms with Crippen molar-refractivity contribution in [3.05, 3.63) is 131 Å². The van der Waals surface area contributed by atoms with Gasteiger partial charge in [0.05, 0.1) is 22.1 Å². The molecule has 3 nitrogen and oxygen atoms in total. The monoisotopic (exact) mass is 449 g/mol. The van der Waals surface area contributed by atoms with Crippen molar-refractivity contribution in [3.8, 4) is 16.8 Å². The minimum Gasteiger partial charge on any atom is -0.423 e. The second-order valence-corrected chi connectivity index (χ2v) is 9.55. The zero-order chi connectivity index (χ0) is 23.3. The lowest BCUT2D eigenvalue weighted by molar-refractivity contribution is 0.425. The van der Waals surface area contributed by atoms with E-state index in [9.17, 15) is 10.0 Å². The van der Waals surface area contributed by atoms with Gasteiger partial charge in [-0.2, -0.15) is 0 Å². The predicted octanol–water partition coefficient (Wildman–Crippen LogP) is 5.14. The van der Waals surface area contributed by atoms with Gasteiger partial charge in [-0.3, -0.25) is 0 Å². The van der Waals surface area contributed by atoms with Crippen LogP contribution >= 0.6 is 0 Å². The third-order valence-electron chi connectivity index (χ3n) is 8.01. The Labute approximate surface area is 202 Å². The topological polar surface area (TPSA) is 45.4 Å². The normalized spacial score (nSPS) is 17.0. The van der Waals surface area contributed by atoms with Gasteiger partial charge in [-0.15, -0.1) is 0 Å². The third kappa shape index (κ3) is 2.15. The molecule has 1 aromatic heterocycles. The zero-order valence-corrected chi connectivity index (χ0v) is 18.8. The molecule has 5 aromatic carbocycles. The van der Waals surface area contributed by atoms with Crippen LogP contribution in [0.1, 0.15) is 22.3 Å². The van der Waals surface area contributed by atoms with Crippen molar-refractivity contribution in [2.45, 2.75) is 5.41 Å². The Bertz CT molecular complexity index is 1850. The summed E-state index contributed by atoms with van der Waals surface area (Å²) in [7, 11) is -1.53. The van der Waals surface area contributed by atoms with Crippen molar-refractivity contribution < 1.29 is 10.0 Å². The van der Waals surface area contributed by atoms with Crippen LogP contribution in [0.4, 0.5) is 0 Å². The van der Waals surface area contributed by atoms with Crippen molar-refractivity contribution in [2.75, 3.05) is 0 Å². The quantitative estimate of drug-likeness (QED) is 0.341. The number of nitrogens with zero attached hydrogens (tertiary/aromatic N) is 1. The zero-order valence-electron chi connectivity index (χ0n) is 18.8. The van der Waals surface area contributed by atoms with Gasteiger partial charge in [0.1, 0.15) is 0 Å². The first-order valence-corrected chi connectivity index (χ1v) is 11.9. The lowest BCUT2D eigenvalue weighted by Crippen LogP contribution is -2.36. The first kappa shape index (κ1) is 19.2. The second kappa shape index (κ2) is 6.51. The molecule has 0 saturated heterocycles. The van der Waals surface area contributed by atoms with E-state index >= 15 is 0 Å². The van der Waals surface area contributed by atoms with Crippen LogP contribution in [0.3, 0.4) is 0 Å². The standard InChI is InChI=1S/C31H20BNO2/c34-32(35)19-16-17-21-20-8-1-3-11-24(20)31(27(21)18-19)25-12-4-6-15-29(25)33-28-14-5-2-9-22(28)23-10-7-13-26(31)30(23)33/h1-18,34-35H. The van der Waals surface area contributed by atoms with E-state index in [2.05, 4.69) is 95.6 Å². The fourth-order valence-electron chi connectivity index (χ4n) is 6.74. The van der Waals surface area contributed by atoms with E-state index in [1.54, 1.807) is 0 Å². The molecule has 1 aliphatic heterocycles. The molecule has 2 N–H and O–H groups in total. The Morgan fingerprint density at radius 2 is 1.26 bits per heavy atom. The van der Waals surface area contributed by atoms with Gasteiger partial charge < -0.3 is 14.6 Å². The summed E-state index contributed by atoms with van der Waals surface area (Å²) in [4.78, 5) is 0. The van der Waals surface area contributed by atoms with E-state index in [4.69, 9.17) is 0 Å². The number of hydrogen-bond acceptors (Lipinski definition) is 2. The first-order chi connectivity index (χ1) is 17.2. The van der Waals surface area contributed by atoms with Crippen LogP contribution in [0.5, 0.6) is 0 Å². The summed E-state index contributed by atoms with van der Waals surface area (Å²) >= 11 is 0. The van der Waals surface area contributed by atoms with Crippen LogP contribution < -0.4 is 5.46 Å². The lowest BCUT2D eigenvalue weighted by Gasteiger charge is -2.39. The molecule has 0 amide bonds. The third-order valence-corrected chi connectivity index (χ3v) is 8.01. The van der Waals surface area contributed by atoms with Gasteiger partial charge in [-0.25, -0.2) is 0 Å². The van der Waals surface area contributed by atoms with Gasteiger partial charge in [0.15, 0.2) is 0 Å². The maximum Gasteiger partial charge on any atom is 0.488 e. The Kier molecular flexibility index (Phi) is 3.57. The van der Waals surface area contributed by atoms with Crippen LogP contribution in [0.15, 0.2) is 109 Å². The molecule has 0 fully saturated rings. The highest BCUT2D eigenvalue weighted by Gasteiger charge is 2.50. The van der Waals surface area contributed by atoms with E-state index in [0.29, 0.717) is 5.46 Å². The average molecular weight is 449 g/mol. The summed E-state index contributed by atoms with van der Waals surface area (Å²) in [5.74, 6) is 0. The largest absolute Gasteiger partial charge is 0.488 e. The summed E-state index contributed by atoms with van der Waals surface area (Å²) in [5.41, 5.74) is 10.6.